The van der Waals surface area contributed by atoms with Crippen molar-refractivity contribution in [3.05, 3.63) is 59.4 Å². The van der Waals surface area contributed by atoms with Gasteiger partial charge in [-0.3, -0.25) is 9.69 Å². The molecule has 0 unspecified atom stereocenters. The molecule has 1 N–H and O–H groups in total. The van der Waals surface area contributed by atoms with Crippen molar-refractivity contribution in [2.75, 3.05) is 37.4 Å². The van der Waals surface area contributed by atoms with Crippen LogP contribution in [-0.4, -0.2) is 52.8 Å². The Balaban J connectivity index is 1.50. The minimum Gasteiger partial charge on any atom is -0.379 e. The SMILES string of the molecule is Cc1cccc(C(C)C)c1NC(=O)CSc1nc(CN2CCOCC2)nc2ccccc12. The summed E-state index contributed by atoms with van der Waals surface area (Å²) in [4.78, 5) is 24.7. The van der Waals surface area contributed by atoms with Gasteiger partial charge < -0.3 is 10.1 Å². The van der Waals surface area contributed by atoms with Crippen LogP contribution < -0.4 is 5.32 Å². The molecule has 168 valence electrons. The number of para-hydroxylation sites is 2. The summed E-state index contributed by atoms with van der Waals surface area (Å²) in [6.45, 7) is 10.3. The first-order valence-electron chi connectivity index (χ1n) is 11.1. The number of amides is 1. The Morgan fingerprint density at radius 1 is 1.12 bits per heavy atom. The van der Waals surface area contributed by atoms with Crippen LogP contribution in [0.3, 0.4) is 0 Å². The molecule has 0 saturated carbocycles. The average molecular weight is 451 g/mol. The number of aromatic nitrogens is 2. The second-order valence-corrected chi connectivity index (χ2v) is 9.35. The van der Waals surface area contributed by atoms with Gasteiger partial charge in [0, 0.05) is 24.2 Å². The molecule has 0 bridgehead atoms. The third kappa shape index (κ3) is 5.46. The summed E-state index contributed by atoms with van der Waals surface area (Å²) in [6, 6.07) is 14.2. The Morgan fingerprint density at radius 2 is 1.91 bits per heavy atom. The van der Waals surface area contributed by atoms with Gasteiger partial charge >= 0.3 is 0 Å². The number of carbonyl (C=O) groups is 1. The first-order valence-corrected chi connectivity index (χ1v) is 12.1. The number of hydrogen-bond acceptors (Lipinski definition) is 6. The molecule has 0 radical (unpaired) electrons. The van der Waals surface area contributed by atoms with Gasteiger partial charge in [-0.25, -0.2) is 9.97 Å². The number of thioether (sulfide) groups is 1. The highest BCUT2D eigenvalue weighted by molar-refractivity contribution is 8.00. The Labute approximate surface area is 193 Å². The van der Waals surface area contributed by atoms with Gasteiger partial charge in [0.2, 0.25) is 5.91 Å². The van der Waals surface area contributed by atoms with Gasteiger partial charge in [0.15, 0.2) is 0 Å². The number of anilines is 1. The molecule has 1 amide bonds. The fourth-order valence-electron chi connectivity index (χ4n) is 3.89. The molecule has 3 aromatic rings. The molecule has 7 heteroatoms. The topological polar surface area (TPSA) is 67.4 Å². The van der Waals surface area contributed by atoms with Crippen molar-refractivity contribution in [2.24, 2.45) is 0 Å². The van der Waals surface area contributed by atoms with E-state index in [1.165, 1.54) is 11.8 Å². The maximum atomic E-state index is 12.9. The van der Waals surface area contributed by atoms with Crippen LogP contribution in [0.1, 0.15) is 36.7 Å². The maximum absolute atomic E-state index is 12.9. The summed E-state index contributed by atoms with van der Waals surface area (Å²) >= 11 is 1.47. The van der Waals surface area contributed by atoms with Crippen LogP contribution >= 0.6 is 11.8 Å². The van der Waals surface area contributed by atoms with Crippen molar-refractivity contribution in [2.45, 2.75) is 38.3 Å². The monoisotopic (exact) mass is 450 g/mol. The smallest absolute Gasteiger partial charge is 0.234 e. The van der Waals surface area contributed by atoms with Crippen LogP contribution in [0, 0.1) is 6.92 Å². The molecule has 6 nitrogen and oxygen atoms in total. The number of nitrogens with one attached hydrogen (secondary N) is 1. The van der Waals surface area contributed by atoms with Crippen LogP contribution in [-0.2, 0) is 16.1 Å². The second-order valence-electron chi connectivity index (χ2n) is 8.38. The van der Waals surface area contributed by atoms with Crippen LogP contribution in [0.15, 0.2) is 47.5 Å². The number of morpholine rings is 1. The highest BCUT2D eigenvalue weighted by Gasteiger charge is 2.16. The molecule has 2 aromatic carbocycles. The molecular weight excluding hydrogens is 420 g/mol. The van der Waals surface area contributed by atoms with Crippen molar-refractivity contribution in [1.29, 1.82) is 0 Å². The van der Waals surface area contributed by atoms with E-state index in [0.717, 1.165) is 64.9 Å². The third-order valence-electron chi connectivity index (χ3n) is 5.61. The molecule has 32 heavy (non-hydrogen) atoms. The number of aryl methyl sites for hydroxylation is 1. The highest BCUT2D eigenvalue weighted by Crippen LogP contribution is 2.29. The molecule has 1 fully saturated rings. The standard InChI is InChI=1S/C25H30N4O2S/c1-17(2)19-9-6-7-18(3)24(19)28-23(30)16-32-25-20-8-4-5-10-21(20)26-22(27-25)15-29-11-13-31-14-12-29/h4-10,17H,11-16H2,1-3H3,(H,28,30). The molecule has 1 aliphatic heterocycles. The Kier molecular flexibility index (Phi) is 7.40. The molecule has 0 aliphatic carbocycles. The Morgan fingerprint density at radius 3 is 2.69 bits per heavy atom. The lowest BCUT2D eigenvalue weighted by Gasteiger charge is -2.25. The van der Waals surface area contributed by atoms with Crippen molar-refractivity contribution >= 4 is 34.3 Å². The third-order valence-corrected chi connectivity index (χ3v) is 6.61. The van der Waals surface area contributed by atoms with Crippen molar-refractivity contribution < 1.29 is 9.53 Å². The van der Waals surface area contributed by atoms with Gasteiger partial charge in [0.1, 0.15) is 10.9 Å². The van der Waals surface area contributed by atoms with Crippen molar-refractivity contribution in [3.63, 3.8) is 0 Å². The fourth-order valence-corrected chi connectivity index (χ4v) is 4.72. The van der Waals surface area contributed by atoms with E-state index < -0.39 is 0 Å². The quantitative estimate of drug-likeness (QED) is 0.418. The number of nitrogens with zero attached hydrogens (tertiary/aromatic N) is 3. The number of carbonyl (C=O) groups excluding carboxylic acids is 1. The molecule has 2 heterocycles. The van der Waals surface area contributed by atoms with Gasteiger partial charge in [-0.05, 0) is 30.0 Å². The van der Waals surface area contributed by atoms with Gasteiger partial charge in [0.25, 0.3) is 0 Å². The fraction of sp³-hybridized carbons (Fsp3) is 0.400. The highest BCUT2D eigenvalue weighted by atomic mass is 32.2. The zero-order chi connectivity index (χ0) is 22.5. The lowest BCUT2D eigenvalue weighted by molar-refractivity contribution is -0.113. The van der Waals surface area contributed by atoms with Gasteiger partial charge in [0.05, 0.1) is 31.0 Å². The first kappa shape index (κ1) is 22.7. The second kappa shape index (κ2) is 10.4. The molecule has 4 rings (SSSR count). The summed E-state index contributed by atoms with van der Waals surface area (Å²) < 4.78 is 5.45. The molecule has 1 aliphatic rings. The number of ether oxygens (including phenoxy) is 1. The lowest BCUT2D eigenvalue weighted by Crippen LogP contribution is -2.36. The van der Waals surface area contributed by atoms with Crippen LogP contribution in [0.4, 0.5) is 5.69 Å². The summed E-state index contributed by atoms with van der Waals surface area (Å²) in [7, 11) is 0. The number of hydrogen-bond donors (Lipinski definition) is 1. The average Bonchev–Trinajstić information content (AvgIpc) is 2.79. The zero-order valence-electron chi connectivity index (χ0n) is 18.9. The van der Waals surface area contributed by atoms with E-state index in [9.17, 15) is 4.79 Å². The number of benzene rings is 2. The molecular formula is C25H30N4O2S. The summed E-state index contributed by atoms with van der Waals surface area (Å²) in [5.41, 5.74) is 4.07. The summed E-state index contributed by atoms with van der Waals surface area (Å²) in [5.74, 6) is 1.40. The molecule has 0 spiro atoms. The Bertz CT molecular complexity index is 1100. The van der Waals surface area contributed by atoms with Crippen molar-refractivity contribution in [3.8, 4) is 0 Å². The van der Waals surface area contributed by atoms with Crippen molar-refractivity contribution in [1.82, 2.24) is 14.9 Å². The molecule has 1 saturated heterocycles. The van der Waals surface area contributed by atoms with Gasteiger partial charge in [-0.15, -0.1) is 0 Å². The minimum atomic E-state index is -0.0244. The normalized spacial score (nSPS) is 14.8. The van der Waals surface area contributed by atoms with Gasteiger partial charge in [-0.1, -0.05) is 62.0 Å². The lowest BCUT2D eigenvalue weighted by atomic mass is 9.98. The van der Waals surface area contributed by atoms with Crippen LogP contribution in [0.25, 0.3) is 10.9 Å². The largest absolute Gasteiger partial charge is 0.379 e. The van der Waals surface area contributed by atoms with E-state index >= 15 is 0 Å². The first-order chi connectivity index (χ1) is 15.5. The number of rotatable bonds is 7. The minimum absolute atomic E-state index is 0.0244. The summed E-state index contributed by atoms with van der Waals surface area (Å²) in [6.07, 6.45) is 0. The molecule has 1 aromatic heterocycles. The van der Waals surface area contributed by atoms with Crippen LogP contribution in [0.2, 0.25) is 0 Å². The maximum Gasteiger partial charge on any atom is 0.234 e. The van der Waals surface area contributed by atoms with E-state index in [2.05, 4.69) is 30.1 Å². The van der Waals surface area contributed by atoms with Crippen LogP contribution in [0.5, 0.6) is 0 Å². The predicted molar refractivity (Wildman–Crippen MR) is 130 cm³/mol. The Hall–Kier alpha value is -2.48. The van der Waals surface area contributed by atoms with E-state index in [1.807, 2.05) is 43.3 Å². The summed E-state index contributed by atoms with van der Waals surface area (Å²) in [5, 5.41) is 4.96. The van der Waals surface area contributed by atoms with Gasteiger partial charge in [-0.2, -0.15) is 0 Å². The van der Waals surface area contributed by atoms with E-state index in [1.54, 1.807) is 0 Å². The number of fused-ring (bicyclic) bond motifs is 1. The van der Waals surface area contributed by atoms with E-state index in [-0.39, 0.29) is 5.91 Å². The molecule has 0 atom stereocenters. The van der Waals surface area contributed by atoms with E-state index in [0.29, 0.717) is 18.2 Å². The zero-order valence-corrected chi connectivity index (χ0v) is 19.7. The predicted octanol–water partition coefficient (Wildman–Crippen LogP) is 4.62. The van der Waals surface area contributed by atoms with E-state index in [4.69, 9.17) is 14.7 Å².